The maximum Gasteiger partial charge on any atom is 0.451 e. The van der Waals surface area contributed by atoms with Gasteiger partial charge in [0.1, 0.15) is 4.83 Å². The fraction of sp³-hybridized carbons (Fsp3) is 0.300. The van der Waals surface area contributed by atoms with Crippen molar-refractivity contribution in [1.82, 2.24) is 9.97 Å². The van der Waals surface area contributed by atoms with Crippen molar-refractivity contribution < 1.29 is 23.1 Å². The van der Waals surface area contributed by atoms with E-state index < -0.39 is 23.7 Å². The van der Waals surface area contributed by atoms with Gasteiger partial charge in [-0.15, -0.1) is 11.3 Å². The third-order valence-corrected chi connectivity index (χ3v) is 3.42. The second-order valence-electron chi connectivity index (χ2n) is 3.48. The summed E-state index contributed by atoms with van der Waals surface area (Å²) in [6.45, 7) is 1.82. The van der Waals surface area contributed by atoms with E-state index in [4.69, 9.17) is 5.11 Å². The molecular weight excluding hydrogens is 269 g/mol. The first kappa shape index (κ1) is 12.7. The van der Waals surface area contributed by atoms with Crippen molar-refractivity contribution in [3.8, 4) is 0 Å². The zero-order valence-corrected chi connectivity index (χ0v) is 9.89. The van der Waals surface area contributed by atoms with Crippen molar-refractivity contribution in [2.45, 2.75) is 19.5 Å². The first-order valence-electron chi connectivity index (χ1n) is 4.94. The van der Waals surface area contributed by atoms with Gasteiger partial charge in [0.05, 0.1) is 0 Å². The minimum atomic E-state index is -4.76. The molecule has 0 aliphatic heterocycles. The Morgan fingerprint density at radius 2 is 2.11 bits per heavy atom. The van der Waals surface area contributed by atoms with Crippen molar-refractivity contribution in [3.63, 3.8) is 0 Å². The molecule has 2 heterocycles. The number of aromatic nitrogens is 2. The van der Waals surface area contributed by atoms with Gasteiger partial charge in [-0.25, -0.2) is 14.8 Å². The summed E-state index contributed by atoms with van der Waals surface area (Å²) in [4.78, 5) is 18.2. The molecule has 0 amide bonds. The molecule has 96 valence electrons. The Hall–Kier alpha value is -1.70. The lowest BCUT2D eigenvalue weighted by atomic mass is 10.2. The van der Waals surface area contributed by atoms with E-state index >= 15 is 0 Å². The van der Waals surface area contributed by atoms with Crippen LogP contribution in [-0.4, -0.2) is 21.0 Å². The number of aromatic carboxylic acids is 1. The highest BCUT2D eigenvalue weighted by molar-refractivity contribution is 7.18. The van der Waals surface area contributed by atoms with Gasteiger partial charge in [0.2, 0.25) is 5.82 Å². The monoisotopic (exact) mass is 276 g/mol. The summed E-state index contributed by atoms with van der Waals surface area (Å²) >= 11 is 1.04. The van der Waals surface area contributed by atoms with Gasteiger partial charge >= 0.3 is 12.1 Å². The molecule has 0 aromatic carbocycles. The number of carboxylic acid groups (broad SMARTS) is 1. The van der Waals surface area contributed by atoms with Crippen LogP contribution in [0.25, 0.3) is 10.2 Å². The summed E-state index contributed by atoms with van der Waals surface area (Å²) in [5.41, 5.74) is -0.608. The topological polar surface area (TPSA) is 63.1 Å². The Kier molecular flexibility index (Phi) is 2.97. The number of hydrogen-bond acceptors (Lipinski definition) is 4. The maximum atomic E-state index is 12.5. The Morgan fingerprint density at radius 1 is 1.44 bits per heavy atom. The number of halogens is 3. The predicted octanol–water partition coefficient (Wildman–Crippen LogP) is 2.97. The zero-order chi connectivity index (χ0) is 13.5. The molecule has 0 atom stereocenters. The Bertz CT molecular complexity index is 621. The fourth-order valence-corrected chi connectivity index (χ4v) is 2.40. The van der Waals surface area contributed by atoms with Crippen molar-refractivity contribution in [1.29, 1.82) is 0 Å². The lowest BCUT2D eigenvalue weighted by molar-refractivity contribution is -0.144. The normalized spacial score (nSPS) is 12.0. The van der Waals surface area contributed by atoms with E-state index in [2.05, 4.69) is 9.97 Å². The fourth-order valence-electron chi connectivity index (χ4n) is 1.44. The molecule has 4 nitrogen and oxygen atoms in total. The van der Waals surface area contributed by atoms with Crippen LogP contribution < -0.4 is 0 Å². The highest BCUT2D eigenvalue weighted by Crippen LogP contribution is 2.32. The summed E-state index contributed by atoms with van der Waals surface area (Å²) in [5.74, 6) is -2.91. The quantitative estimate of drug-likeness (QED) is 0.915. The summed E-state index contributed by atoms with van der Waals surface area (Å²) < 4.78 is 37.6. The van der Waals surface area contributed by atoms with E-state index in [0.29, 0.717) is 6.42 Å². The number of aryl methyl sites for hydroxylation is 1. The highest BCUT2D eigenvalue weighted by Gasteiger charge is 2.36. The van der Waals surface area contributed by atoms with Crippen LogP contribution in [0.4, 0.5) is 13.2 Å². The van der Waals surface area contributed by atoms with E-state index in [1.165, 1.54) is 6.07 Å². The molecule has 0 aliphatic carbocycles. The molecule has 0 spiro atoms. The van der Waals surface area contributed by atoms with Crippen molar-refractivity contribution in [2.75, 3.05) is 0 Å². The van der Waals surface area contributed by atoms with Crippen LogP contribution in [0.2, 0.25) is 0 Å². The van der Waals surface area contributed by atoms with Crippen LogP contribution in [0.5, 0.6) is 0 Å². The van der Waals surface area contributed by atoms with E-state index in [9.17, 15) is 18.0 Å². The Labute approximate surface area is 103 Å². The smallest absolute Gasteiger partial charge is 0.451 e. The van der Waals surface area contributed by atoms with E-state index in [-0.39, 0.29) is 10.2 Å². The molecule has 0 unspecified atom stereocenters. The molecule has 2 aromatic heterocycles. The molecule has 2 rings (SSSR count). The minimum Gasteiger partial charge on any atom is -0.476 e. The summed E-state index contributed by atoms with van der Waals surface area (Å²) in [6.07, 6.45) is -4.16. The molecule has 0 radical (unpaired) electrons. The van der Waals surface area contributed by atoms with Crippen molar-refractivity contribution in [3.05, 3.63) is 22.5 Å². The lowest BCUT2D eigenvalue weighted by Gasteiger charge is -2.05. The van der Waals surface area contributed by atoms with Gasteiger partial charge in [0.25, 0.3) is 0 Å². The van der Waals surface area contributed by atoms with Crippen LogP contribution in [0, 0.1) is 0 Å². The number of fused-ring (bicyclic) bond motifs is 1. The average Bonchev–Trinajstić information content (AvgIpc) is 2.68. The Morgan fingerprint density at radius 3 is 2.61 bits per heavy atom. The number of thiophene rings is 1. The van der Waals surface area contributed by atoms with Crippen LogP contribution in [0.15, 0.2) is 6.07 Å². The summed E-state index contributed by atoms with van der Waals surface area (Å²) in [7, 11) is 0. The summed E-state index contributed by atoms with van der Waals surface area (Å²) in [5, 5.41) is 9.05. The SMILES string of the molecule is CCc1cc2c(C(=O)O)nc(C(F)(F)F)nc2s1. The van der Waals surface area contributed by atoms with Crippen LogP contribution >= 0.6 is 11.3 Å². The predicted molar refractivity (Wildman–Crippen MR) is 58.8 cm³/mol. The number of alkyl halides is 3. The number of carboxylic acids is 1. The molecule has 0 bridgehead atoms. The zero-order valence-electron chi connectivity index (χ0n) is 9.08. The van der Waals surface area contributed by atoms with Gasteiger partial charge < -0.3 is 5.11 Å². The maximum absolute atomic E-state index is 12.5. The molecule has 0 fully saturated rings. The van der Waals surface area contributed by atoms with E-state index in [1.54, 1.807) is 0 Å². The van der Waals surface area contributed by atoms with Crippen molar-refractivity contribution >= 4 is 27.5 Å². The Balaban J connectivity index is 2.76. The van der Waals surface area contributed by atoms with Gasteiger partial charge in [-0.3, -0.25) is 0 Å². The summed E-state index contributed by atoms with van der Waals surface area (Å²) in [6, 6.07) is 1.52. The van der Waals surface area contributed by atoms with Gasteiger partial charge in [-0.05, 0) is 12.5 Å². The van der Waals surface area contributed by atoms with Crippen LogP contribution in [-0.2, 0) is 12.6 Å². The van der Waals surface area contributed by atoms with Gasteiger partial charge in [0, 0.05) is 10.3 Å². The molecular formula is C10H7F3N2O2S. The molecule has 0 saturated carbocycles. The van der Waals surface area contributed by atoms with Crippen molar-refractivity contribution in [2.24, 2.45) is 0 Å². The highest BCUT2D eigenvalue weighted by atomic mass is 32.1. The van der Waals surface area contributed by atoms with Gasteiger partial charge in [0.15, 0.2) is 5.69 Å². The molecule has 2 aromatic rings. The number of nitrogens with zero attached hydrogens (tertiary/aromatic N) is 2. The number of carbonyl (C=O) groups is 1. The van der Waals surface area contributed by atoms with Crippen LogP contribution in [0.1, 0.15) is 28.1 Å². The number of hydrogen-bond donors (Lipinski definition) is 1. The molecule has 18 heavy (non-hydrogen) atoms. The van der Waals surface area contributed by atoms with Gasteiger partial charge in [-0.1, -0.05) is 6.92 Å². The molecule has 0 aliphatic rings. The largest absolute Gasteiger partial charge is 0.476 e. The molecule has 8 heteroatoms. The lowest BCUT2D eigenvalue weighted by Crippen LogP contribution is -2.14. The van der Waals surface area contributed by atoms with Gasteiger partial charge in [-0.2, -0.15) is 13.2 Å². The molecule has 1 N–H and O–H groups in total. The molecule has 0 saturated heterocycles. The first-order valence-corrected chi connectivity index (χ1v) is 5.75. The minimum absolute atomic E-state index is 0.0478. The second-order valence-corrected chi connectivity index (χ2v) is 4.60. The second kappa shape index (κ2) is 4.20. The number of rotatable bonds is 2. The van der Waals surface area contributed by atoms with E-state index in [0.717, 1.165) is 16.2 Å². The van der Waals surface area contributed by atoms with E-state index in [1.807, 2.05) is 6.92 Å². The van der Waals surface area contributed by atoms with Crippen LogP contribution in [0.3, 0.4) is 0 Å². The third kappa shape index (κ3) is 2.15. The first-order chi connectivity index (χ1) is 8.32. The standard InChI is InChI=1S/C10H7F3N2O2S/c1-2-4-3-5-6(8(16)17)14-9(10(11,12)13)15-7(5)18-4/h3H,2H2,1H3,(H,16,17). The third-order valence-electron chi connectivity index (χ3n) is 2.25. The average molecular weight is 276 g/mol.